The predicted molar refractivity (Wildman–Crippen MR) is 121 cm³/mol. The molecule has 0 aliphatic carbocycles. The van der Waals surface area contributed by atoms with Crippen molar-refractivity contribution in [2.45, 2.75) is 0 Å². The maximum absolute atomic E-state index is 12.8. The molecule has 1 amide bonds. The number of aromatic nitrogens is 2. The summed E-state index contributed by atoms with van der Waals surface area (Å²) in [6.45, 7) is -0.438. The molecular formula is C22H19N5O7. The van der Waals surface area contributed by atoms with E-state index in [1.54, 1.807) is 30.3 Å². The minimum absolute atomic E-state index is 0.00683. The Hall–Kier alpha value is -4.58. The number of anilines is 1. The van der Waals surface area contributed by atoms with Gasteiger partial charge < -0.3 is 20.1 Å². The van der Waals surface area contributed by atoms with E-state index >= 15 is 0 Å². The summed E-state index contributed by atoms with van der Waals surface area (Å²) in [5.74, 6) is -1.36. The Kier molecular flexibility index (Phi) is 6.06. The normalized spacial score (nSPS) is 13.5. The summed E-state index contributed by atoms with van der Waals surface area (Å²) < 4.78 is 4.73. The number of benzene rings is 2. The number of H-pyrrole nitrogens is 1. The number of β-amino-alcohol motifs (C(OH)–C–C–N with tert-alkyl or cyclic N) is 1. The van der Waals surface area contributed by atoms with E-state index in [9.17, 15) is 29.6 Å². The summed E-state index contributed by atoms with van der Waals surface area (Å²) >= 11 is 0. The smallest absolute Gasteiger partial charge is 0.337 e. The number of carbonyl (C=O) groups is 2. The van der Waals surface area contributed by atoms with E-state index in [0.717, 1.165) is 7.11 Å². The average Bonchev–Trinajstić information content (AvgIpc) is 3.14. The fraction of sp³-hybridized carbons (Fsp3) is 0.182. The fourth-order valence-corrected chi connectivity index (χ4v) is 3.75. The molecule has 12 heteroatoms. The number of aliphatic hydroxyl groups is 1. The van der Waals surface area contributed by atoms with Crippen LogP contribution in [0.2, 0.25) is 0 Å². The van der Waals surface area contributed by atoms with Crippen LogP contribution in [0.1, 0.15) is 0 Å². The molecule has 1 aliphatic rings. The van der Waals surface area contributed by atoms with E-state index in [1.807, 2.05) is 0 Å². The highest BCUT2D eigenvalue weighted by Crippen LogP contribution is 2.34. The molecule has 1 aliphatic heterocycles. The lowest BCUT2D eigenvalue weighted by atomic mass is 10.0. The molecule has 0 fully saturated rings. The van der Waals surface area contributed by atoms with Crippen molar-refractivity contribution >= 4 is 34.0 Å². The van der Waals surface area contributed by atoms with E-state index in [2.05, 4.69) is 15.5 Å². The van der Waals surface area contributed by atoms with Crippen LogP contribution < -0.4 is 10.9 Å². The summed E-state index contributed by atoms with van der Waals surface area (Å²) in [6.07, 6.45) is 0. The van der Waals surface area contributed by atoms with Crippen molar-refractivity contribution < 1.29 is 24.4 Å². The third-order valence-electron chi connectivity index (χ3n) is 5.38. The van der Waals surface area contributed by atoms with Crippen LogP contribution in [0.25, 0.3) is 22.0 Å². The monoisotopic (exact) mass is 465 g/mol. The average molecular weight is 465 g/mol. The number of rotatable bonds is 7. The number of aromatic amines is 1. The predicted octanol–water partition coefficient (Wildman–Crippen LogP) is 1.17. The van der Waals surface area contributed by atoms with Gasteiger partial charge in [0.25, 0.3) is 17.2 Å². The van der Waals surface area contributed by atoms with Gasteiger partial charge in [0, 0.05) is 23.6 Å². The summed E-state index contributed by atoms with van der Waals surface area (Å²) in [6, 6.07) is 10.9. The maximum atomic E-state index is 12.8. The van der Waals surface area contributed by atoms with Gasteiger partial charge in [-0.05, 0) is 12.1 Å². The molecule has 3 aromatic rings. The molecule has 0 saturated heterocycles. The SMILES string of the molecule is COC(=O)C1=C(Nc2ccc(-c3n[nH]c(=O)c4ccccc34)cc2[N+](=O)[O-])C(=O)N(CCO)C1. The molecule has 0 saturated carbocycles. The van der Waals surface area contributed by atoms with E-state index < -0.39 is 16.8 Å². The Morgan fingerprint density at radius 1 is 1.26 bits per heavy atom. The number of hydrogen-bond donors (Lipinski definition) is 3. The van der Waals surface area contributed by atoms with Crippen LogP contribution in [0.4, 0.5) is 11.4 Å². The van der Waals surface area contributed by atoms with E-state index in [0.29, 0.717) is 22.0 Å². The van der Waals surface area contributed by atoms with Crippen LogP contribution in [0, 0.1) is 10.1 Å². The lowest BCUT2D eigenvalue weighted by molar-refractivity contribution is -0.383. The second-order valence-corrected chi connectivity index (χ2v) is 7.36. The van der Waals surface area contributed by atoms with Crippen LogP contribution in [0.5, 0.6) is 0 Å². The molecule has 174 valence electrons. The van der Waals surface area contributed by atoms with Gasteiger partial charge in [-0.15, -0.1) is 0 Å². The van der Waals surface area contributed by atoms with Crippen LogP contribution in [0.15, 0.2) is 58.5 Å². The number of fused-ring (bicyclic) bond motifs is 1. The molecule has 12 nitrogen and oxygen atoms in total. The number of nitro groups is 1. The number of nitrogens with one attached hydrogen (secondary N) is 2. The van der Waals surface area contributed by atoms with Crippen molar-refractivity contribution in [3.8, 4) is 11.3 Å². The molecule has 2 aromatic carbocycles. The summed E-state index contributed by atoms with van der Waals surface area (Å²) in [5.41, 5.74) is -0.257. The van der Waals surface area contributed by atoms with Crippen molar-refractivity contribution in [2.75, 3.05) is 32.1 Å². The quantitative estimate of drug-likeness (QED) is 0.263. The molecule has 0 bridgehead atoms. The topological polar surface area (TPSA) is 168 Å². The van der Waals surface area contributed by atoms with Crippen molar-refractivity contribution in [1.29, 1.82) is 0 Å². The third-order valence-corrected chi connectivity index (χ3v) is 5.38. The largest absolute Gasteiger partial charge is 0.466 e. The van der Waals surface area contributed by atoms with Gasteiger partial charge in [-0.1, -0.05) is 24.3 Å². The zero-order valence-corrected chi connectivity index (χ0v) is 17.9. The zero-order chi connectivity index (χ0) is 24.4. The van der Waals surface area contributed by atoms with E-state index in [1.165, 1.54) is 17.0 Å². The Bertz CT molecular complexity index is 1410. The molecule has 34 heavy (non-hydrogen) atoms. The second kappa shape index (κ2) is 9.11. The van der Waals surface area contributed by atoms with Crippen molar-refractivity contribution in [3.05, 3.63) is 74.2 Å². The first-order valence-corrected chi connectivity index (χ1v) is 10.1. The molecule has 4 rings (SSSR count). The lowest BCUT2D eigenvalue weighted by Crippen LogP contribution is -2.31. The Balaban J connectivity index is 1.79. The number of amides is 1. The number of methoxy groups -OCH3 is 1. The molecule has 0 unspecified atom stereocenters. The summed E-state index contributed by atoms with van der Waals surface area (Å²) in [7, 11) is 1.16. The Labute approximate surface area is 191 Å². The van der Waals surface area contributed by atoms with Gasteiger partial charge in [0.15, 0.2) is 0 Å². The summed E-state index contributed by atoms with van der Waals surface area (Å²) in [4.78, 5) is 49.5. The number of carbonyl (C=O) groups excluding carboxylic acids is 2. The molecule has 0 atom stereocenters. The zero-order valence-electron chi connectivity index (χ0n) is 17.9. The molecule has 0 spiro atoms. The first kappa shape index (κ1) is 22.6. The first-order valence-electron chi connectivity index (χ1n) is 10.1. The highest BCUT2D eigenvalue weighted by atomic mass is 16.6. The van der Waals surface area contributed by atoms with E-state index in [4.69, 9.17) is 4.74 Å². The van der Waals surface area contributed by atoms with Gasteiger partial charge in [-0.3, -0.25) is 19.7 Å². The molecule has 0 radical (unpaired) electrons. The van der Waals surface area contributed by atoms with Crippen LogP contribution in [-0.2, 0) is 14.3 Å². The van der Waals surface area contributed by atoms with Gasteiger partial charge >= 0.3 is 5.97 Å². The number of aliphatic hydroxyl groups excluding tert-OH is 1. The first-order chi connectivity index (χ1) is 16.3. The fourth-order valence-electron chi connectivity index (χ4n) is 3.75. The molecular weight excluding hydrogens is 446 g/mol. The van der Waals surface area contributed by atoms with Gasteiger partial charge in [0.2, 0.25) is 0 Å². The standard InChI is InChI=1S/C22H19N5O7/c1-34-22(31)15-11-26(8-9-28)21(30)19(15)23-16-7-6-12(10-17(16)27(32)33)18-13-4-2-3-5-14(13)20(29)25-24-18/h2-7,10,23,28H,8-9,11H2,1H3,(H,25,29). The van der Waals surface area contributed by atoms with Crippen molar-refractivity contribution in [3.63, 3.8) is 0 Å². The third kappa shape index (κ3) is 3.97. The maximum Gasteiger partial charge on any atom is 0.337 e. The minimum Gasteiger partial charge on any atom is -0.466 e. The van der Waals surface area contributed by atoms with Crippen molar-refractivity contribution in [2.24, 2.45) is 0 Å². The molecule has 2 heterocycles. The van der Waals surface area contributed by atoms with Crippen LogP contribution in [0.3, 0.4) is 0 Å². The summed E-state index contributed by atoms with van der Waals surface area (Å²) in [5, 5.41) is 31.1. The van der Waals surface area contributed by atoms with Crippen molar-refractivity contribution in [1.82, 2.24) is 15.1 Å². The minimum atomic E-state index is -0.764. The van der Waals surface area contributed by atoms with Gasteiger partial charge in [0.1, 0.15) is 11.4 Å². The number of nitro benzene ring substituents is 1. The molecule has 1 aromatic heterocycles. The lowest BCUT2D eigenvalue weighted by Gasteiger charge is -2.15. The van der Waals surface area contributed by atoms with Gasteiger partial charge in [-0.25, -0.2) is 9.89 Å². The number of nitrogens with zero attached hydrogens (tertiary/aromatic N) is 3. The van der Waals surface area contributed by atoms with Gasteiger partial charge in [0.05, 0.1) is 41.8 Å². The second-order valence-electron chi connectivity index (χ2n) is 7.36. The number of ether oxygens (including phenoxy) is 1. The van der Waals surface area contributed by atoms with Crippen LogP contribution >= 0.6 is 0 Å². The number of hydrogen-bond acceptors (Lipinski definition) is 9. The van der Waals surface area contributed by atoms with Gasteiger partial charge in [-0.2, -0.15) is 5.10 Å². The molecule has 3 N–H and O–H groups in total. The van der Waals surface area contributed by atoms with Crippen LogP contribution in [-0.4, -0.2) is 63.8 Å². The highest BCUT2D eigenvalue weighted by Gasteiger charge is 2.35. The Morgan fingerprint density at radius 2 is 2.00 bits per heavy atom. The highest BCUT2D eigenvalue weighted by molar-refractivity contribution is 6.09. The Morgan fingerprint density at radius 3 is 2.68 bits per heavy atom. The number of esters is 1. The van der Waals surface area contributed by atoms with E-state index in [-0.39, 0.29) is 47.9 Å².